The first kappa shape index (κ1) is 41.2. The van der Waals surface area contributed by atoms with Gasteiger partial charge in [0, 0.05) is 48.3 Å². The Bertz CT molecular complexity index is 2080. The molecule has 1 aliphatic heterocycles. The first-order valence-electron chi connectivity index (χ1n) is 19.6. The fraction of sp³-hybridized carbons (Fsp3) is 0.432. The third-order valence-electron chi connectivity index (χ3n) is 10.6. The molecule has 3 heterocycles. The van der Waals surface area contributed by atoms with Crippen LogP contribution in [0.5, 0.6) is 17.2 Å². The number of allylic oxidation sites excluding steroid dienone is 1. The number of hydrogen-bond acceptors (Lipinski definition) is 10. The second kappa shape index (κ2) is 18.2. The van der Waals surface area contributed by atoms with Crippen LogP contribution in [0.3, 0.4) is 0 Å². The van der Waals surface area contributed by atoms with E-state index in [-0.39, 0.29) is 37.4 Å². The third-order valence-corrected chi connectivity index (χ3v) is 11.5. The normalized spacial score (nSPS) is 19.9. The van der Waals surface area contributed by atoms with Crippen LogP contribution in [-0.4, -0.2) is 89.3 Å². The van der Waals surface area contributed by atoms with E-state index in [1.807, 2.05) is 60.0 Å². The van der Waals surface area contributed by atoms with Gasteiger partial charge in [-0.25, -0.2) is 19.6 Å². The van der Waals surface area contributed by atoms with E-state index >= 15 is 0 Å². The molecule has 2 aromatic heterocycles. The van der Waals surface area contributed by atoms with Gasteiger partial charge in [-0.3, -0.25) is 4.79 Å². The summed E-state index contributed by atoms with van der Waals surface area (Å²) in [6.45, 7) is 14.7. The van der Waals surface area contributed by atoms with Crippen molar-refractivity contribution in [1.82, 2.24) is 25.1 Å². The second-order valence-corrected chi connectivity index (χ2v) is 15.7. The quantitative estimate of drug-likeness (QED) is 0.0606. The number of likely N-dealkylation sites (tertiary alicyclic amines) is 1. The maximum Gasteiger partial charge on any atom is 0.332 e. The summed E-state index contributed by atoms with van der Waals surface area (Å²) in [7, 11) is 3.22. The molecule has 13 heteroatoms. The molecule has 1 aliphatic carbocycles. The van der Waals surface area contributed by atoms with Crippen LogP contribution in [0, 0.1) is 5.92 Å². The van der Waals surface area contributed by atoms with Crippen molar-refractivity contribution in [3.63, 3.8) is 0 Å². The highest BCUT2D eigenvalue weighted by Gasteiger charge is 2.62. The second-order valence-electron chi connectivity index (χ2n) is 14.8. The molecule has 2 aliphatic rings. The number of fused-ring (bicyclic) bond motifs is 1. The minimum Gasteiger partial charge on any atom is -0.497 e. The molecule has 12 nitrogen and oxygen atoms in total. The van der Waals surface area contributed by atoms with E-state index < -0.39 is 29.6 Å². The Hall–Kier alpha value is -5.43. The number of hydrogen-bond donors (Lipinski definition) is 1. The molecular weight excluding hydrogens is 743 g/mol. The summed E-state index contributed by atoms with van der Waals surface area (Å²) >= 11 is 1.51. The Labute approximate surface area is 338 Å². The molecule has 57 heavy (non-hydrogen) atoms. The lowest BCUT2D eigenvalue weighted by atomic mass is 10.1. The number of benzene rings is 2. The fourth-order valence-corrected chi connectivity index (χ4v) is 8.17. The Morgan fingerprint density at radius 3 is 2.46 bits per heavy atom. The minimum atomic E-state index is -1.23. The molecule has 1 N–H and O–H groups in total. The molecular formula is C44H53N5O7S. The largest absolute Gasteiger partial charge is 0.497 e. The molecule has 302 valence electrons. The number of carbonyl (C=O) groups excluding carboxylic acids is 3. The van der Waals surface area contributed by atoms with Crippen molar-refractivity contribution in [2.24, 2.45) is 5.92 Å². The predicted octanol–water partition coefficient (Wildman–Crippen LogP) is 7.92. The first-order valence-corrected chi connectivity index (χ1v) is 20.4. The molecule has 3 amide bonds. The lowest BCUT2D eigenvalue weighted by molar-refractivity contribution is -0.149. The Kier molecular flexibility index (Phi) is 13.2. The van der Waals surface area contributed by atoms with Gasteiger partial charge in [-0.1, -0.05) is 38.1 Å². The number of ether oxygens (including phenoxy) is 4. The van der Waals surface area contributed by atoms with Crippen molar-refractivity contribution in [2.45, 2.75) is 83.0 Å². The zero-order chi connectivity index (χ0) is 40.7. The number of amides is 3. The van der Waals surface area contributed by atoms with Crippen molar-refractivity contribution >= 4 is 40.1 Å². The van der Waals surface area contributed by atoms with E-state index in [9.17, 15) is 14.4 Å². The maximum absolute atomic E-state index is 14.8. The number of urea groups is 1. The number of thiazole rings is 1. The molecule has 1 saturated carbocycles. The average Bonchev–Trinajstić information content (AvgIpc) is 3.49. The standard InChI is InChI=1S/C44H53N5O7S/c1-8-11-12-13-20-48(25-29-14-16-31(53-6)17-15-29)43(52)49-26-33(22-38(49)40(50)47-44(24-30(44)9-2)42(51)55-10-3)56-39-23-36(41-46-37(27-57-41)28(4)5)45-35-21-32(54-7)18-19-34(35)39/h8-9,14-19,21,23,27-28,30,33,38H,1-2,10-13,20,22,24-26H2,3-7H3,(H,47,50). The summed E-state index contributed by atoms with van der Waals surface area (Å²) in [5.41, 5.74) is 1.97. The van der Waals surface area contributed by atoms with Crippen LogP contribution in [0.15, 0.2) is 79.2 Å². The highest BCUT2D eigenvalue weighted by molar-refractivity contribution is 7.13. The SMILES string of the molecule is C=CCCCCN(Cc1ccc(OC)cc1)C(=O)N1CC(Oc2cc(-c3nc(C(C)C)cs3)nc3cc(OC)ccc23)CC1C(=O)NC1(C(=O)OCC)CC1C=C. The van der Waals surface area contributed by atoms with E-state index in [4.69, 9.17) is 28.9 Å². The van der Waals surface area contributed by atoms with Crippen molar-refractivity contribution in [3.8, 4) is 28.0 Å². The molecule has 1 saturated heterocycles. The monoisotopic (exact) mass is 795 g/mol. The van der Waals surface area contributed by atoms with Crippen molar-refractivity contribution in [2.75, 3.05) is 33.9 Å². The first-order chi connectivity index (χ1) is 27.5. The molecule has 4 unspecified atom stereocenters. The lowest BCUT2D eigenvalue weighted by Crippen LogP contribution is -2.55. The zero-order valence-corrected chi connectivity index (χ0v) is 34.3. The van der Waals surface area contributed by atoms with Crippen LogP contribution in [0.4, 0.5) is 4.79 Å². The number of carbonyl (C=O) groups is 3. The van der Waals surface area contributed by atoms with Gasteiger partial charge in [-0.15, -0.1) is 24.5 Å². The van der Waals surface area contributed by atoms with Gasteiger partial charge >= 0.3 is 12.0 Å². The average molecular weight is 796 g/mol. The Morgan fingerprint density at radius 2 is 1.81 bits per heavy atom. The summed E-state index contributed by atoms with van der Waals surface area (Å²) in [6, 6.07) is 13.8. The predicted molar refractivity (Wildman–Crippen MR) is 222 cm³/mol. The van der Waals surface area contributed by atoms with Crippen molar-refractivity contribution in [1.29, 1.82) is 0 Å². The zero-order valence-electron chi connectivity index (χ0n) is 33.5. The van der Waals surface area contributed by atoms with Crippen molar-refractivity contribution in [3.05, 3.63) is 90.5 Å². The number of aromatic nitrogens is 2. The van der Waals surface area contributed by atoms with E-state index in [2.05, 4.69) is 32.3 Å². The third kappa shape index (κ3) is 9.25. The summed E-state index contributed by atoms with van der Waals surface area (Å²) in [5.74, 6) is 0.925. The summed E-state index contributed by atoms with van der Waals surface area (Å²) < 4.78 is 23.1. The number of nitrogens with zero attached hydrogens (tertiary/aromatic N) is 4. The van der Waals surface area contributed by atoms with E-state index in [1.54, 1.807) is 37.0 Å². The number of rotatable bonds is 18. The van der Waals surface area contributed by atoms with Gasteiger partial charge in [0.15, 0.2) is 0 Å². The van der Waals surface area contributed by atoms with Gasteiger partial charge < -0.3 is 34.1 Å². The van der Waals surface area contributed by atoms with Crippen LogP contribution < -0.4 is 19.5 Å². The fourth-order valence-electron chi connectivity index (χ4n) is 7.23. The van der Waals surface area contributed by atoms with Crippen LogP contribution in [0.2, 0.25) is 0 Å². The summed E-state index contributed by atoms with van der Waals surface area (Å²) in [4.78, 5) is 55.6. The molecule has 2 aromatic carbocycles. The topological polar surface area (TPSA) is 132 Å². The highest BCUT2D eigenvalue weighted by atomic mass is 32.1. The van der Waals surface area contributed by atoms with Crippen molar-refractivity contribution < 1.29 is 33.3 Å². The van der Waals surface area contributed by atoms with Crippen LogP contribution in [0.1, 0.15) is 70.1 Å². The lowest BCUT2D eigenvalue weighted by Gasteiger charge is -2.32. The molecule has 0 spiro atoms. The van der Waals surface area contributed by atoms with Crippen LogP contribution in [-0.2, 0) is 20.9 Å². The molecule has 2 fully saturated rings. The smallest absolute Gasteiger partial charge is 0.332 e. The summed E-state index contributed by atoms with van der Waals surface area (Å²) in [6.07, 6.45) is 5.94. The Balaban J connectivity index is 1.35. The molecule has 0 bridgehead atoms. The highest BCUT2D eigenvalue weighted by Crippen LogP contribution is 2.46. The van der Waals surface area contributed by atoms with Gasteiger partial charge in [0.2, 0.25) is 5.91 Å². The number of methoxy groups -OCH3 is 2. The number of nitrogens with one attached hydrogen (secondary N) is 1. The molecule has 6 rings (SSSR count). The van der Waals surface area contributed by atoms with Crippen LogP contribution in [0.25, 0.3) is 21.6 Å². The van der Waals surface area contributed by atoms with E-state index in [0.29, 0.717) is 48.0 Å². The van der Waals surface area contributed by atoms with Crippen LogP contribution >= 0.6 is 11.3 Å². The minimum absolute atomic E-state index is 0.129. The number of unbranched alkanes of at least 4 members (excludes halogenated alkanes) is 2. The molecule has 0 radical (unpaired) electrons. The van der Waals surface area contributed by atoms with E-state index in [1.165, 1.54) is 11.3 Å². The number of esters is 1. The summed E-state index contributed by atoms with van der Waals surface area (Å²) in [5, 5.41) is 6.55. The number of pyridine rings is 1. The van der Waals surface area contributed by atoms with Gasteiger partial charge in [0.05, 0.1) is 38.6 Å². The van der Waals surface area contributed by atoms with Gasteiger partial charge in [-0.05, 0) is 68.4 Å². The maximum atomic E-state index is 14.8. The molecule has 4 aromatic rings. The van der Waals surface area contributed by atoms with Gasteiger partial charge in [0.1, 0.15) is 45.6 Å². The Morgan fingerprint density at radius 1 is 1.05 bits per heavy atom. The van der Waals surface area contributed by atoms with Gasteiger partial charge in [-0.2, -0.15) is 0 Å². The van der Waals surface area contributed by atoms with Gasteiger partial charge in [0.25, 0.3) is 0 Å². The molecule has 4 atom stereocenters. The van der Waals surface area contributed by atoms with E-state index in [0.717, 1.165) is 40.9 Å².